The lowest BCUT2D eigenvalue weighted by Crippen LogP contribution is -2.20. The first kappa shape index (κ1) is 21.0. The number of benzene rings is 1. The molecule has 0 aromatic heterocycles. The van der Waals surface area contributed by atoms with Gasteiger partial charge in [0, 0.05) is 0 Å². The zero-order valence-corrected chi connectivity index (χ0v) is 16.1. The lowest BCUT2D eigenvalue weighted by molar-refractivity contribution is -0.276. The molecule has 0 N–H and O–H groups in total. The molecule has 0 spiro atoms. The molecule has 156 valence electrons. The quantitative estimate of drug-likeness (QED) is 0.346. The standard InChI is InChI=1S/C22H28F4O2/c23-20-18(12-6-5-9-16-7-1-2-8-16)13-14-19(21(20)28-22(24,25)26)27-15-17-10-3-4-11-17/h5,9,13-14,16-17H,1-4,6-8,10-12,15H2/b9-5+. The zero-order valence-electron chi connectivity index (χ0n) is 16.1. The summed E-state index contributed by atoms with van der Waals surface area (Å²) in [6.45, 7) is 0.289. The smallest absolute Gasteiger partial charge is 0.489 e. The van der Waals surface area contributed by atoms with Crippen LogP contribution in [0.25, 0.3) is 0 Å². The fraction of sp³-hybridized carbons (Fsp3) is 0.636. The zero-order chi connectivity index (χ0) is 20.0. The van der Waals surface area contributed by atoms with Crippen LogP contribution in [0.4, 0.5) is 17.6 Å². The molecule has 0 unspecified atom stereocenters. The summed E-state index contributed by atoms with van der Waals surface area (Å²) in [6.07, 6.45) is 9.12. The SMILES string of the molecule is Fc1c(CC/C=C/C2CCCC2)ccc(OCC2CCCC2)c1OC(F)(F)F. The minimum Gasteiger partial charge on any atom is -0.489 e. The minimum atomic E-state index is -4.96. The fourth-order valence-electron chi connectivity index (χ4n) is 4.16. The van der Waals surface area contributed by atoms with Crippen LogP contribution in [0.3, 0.4) is 0 Å². The van der Waals surface area contributed by atoms with Crippen molar-refractivity contribution in [2.24, 2.45) is 11.8 Å². The highest BCUT2D eigenvalue weighted by atomic mass is 19.4. The molecule has 0 aliphatic heterocycles. The van der Waals surface area contributed by atoms with E-state index in [4.69, 9.17) is 4.74 Å². The van der Waals surface area contributed by atoms with Crippen molar-refractivity contribution in [2.45, 2.75) is 70.6 Å². The second-order valence-corrected chi connectivity index (χ2v) is 7.89. The third kappa shape index (κ3) is 6.14. The van der Waals surface area contributed by atoms with Gasteiger partial charge in [-0.05, 0) is 62.0 Å². The van der Waals surface area contributed by atoms with Crippen LogP contribution in [-0.4, -0.2) is 13.0 Å². The van der Waals surface area contributed by atoms with Gasteiger partial charge in [-0.1, -0.05) is 43.9 Å². The third-order valence-corrected chi connectivity index (χ3v) is 5.70. The number of ether oxygens (including phenoxy) is 2. The summed E-state index contributed by atoms with van der Waals surface area (Å²) in [5.41, 5.74) is 0.212. The number of hydrogen-bond donors (Lipinski definition) is 0. The van der Waals surface area contributed by atoms with Crippen molar-refractivity contribution in [3.05, 3.63) is 35.7 Å². The van der Waals surface area contributed by atoms with Crippen molar-refractivity contribution in [3.8, 4) is 11.5 Å². The second-order valence-electron chi connectivity index (χ2n) is 7.89. The third-order valence-electron chi connectivity index (χ3n) is 5.70. The average Bonchev–Trinajstić information content (AvgIpc) is 3.33. The van der Waals surface area contributed by atoms with Crippen LogP contribution in [0.1, 0.15) is 63.4 Å². The van der Waals surface area contributed by atoms with Crippen LogP contribution in [0, 0.1) is 17.7 Å². The molecule has 6 heteroatoms. The summed E-state index contributed by atoms with van der Waals surface area (Å²) in [5, 5.41) is 0. The monoisotopic (exact) mass is 400 g/mol. The molecule has 0 heterocycles. The van der Waals surface area contributed by atoms with E-state index in [9.17, 15) is 17.6 Å². The van der Waals surface area contributed by atoms with E-state index in [0.717, 1.165) is 25.7 Å². The van der Waals surface area contributed by atoms with Crippen LogP contribution in [-0.2, 0) is 6.42 Å². The largest absolute Gasteiger partial charge is 0.573 e. The number of rotatable bonds is 8. The summed E-state index contributed by atoms with van der Waals surface area (Å²) in [6, 6.07) is 2.90. The van der Waals surface area contributed by atoms with Gasteiger partial charge in [0.25, 0.3) is 0 Å². The predicted molar refractivity (Wildman–Crippen MR) is 100.0 cm³/mol. The summed E-state index contributed by atoms with van der Waals surface area (Å²) in [4.78, 5) is 0. The lowest BCUT2D eigenvalue weighted by atomic mass is 10.0. The van der Waals surface area contributed by atoms with Gasteiger partial charge >= 0.3 is 6.36 Å². The van der Waals surface area contributed by atoms with Crippen molar-refractivity contribution in [2.75, 3.05) is 6.61 Å². The van der Waals surface area contributed by atoms with Crippen LogP contribution in [0.2, 0.25) is 0 Å². The van der Waals surface area contributed by atoms with Crippen LogP contribution in [0.15, 0.2) is 24.3 Å². The van der Waals surface area contributed by atoms with Crippen LogP contribution < -0.4 is 9.47 Å². The maximum absolute atomic E-state index is 14.8. The molecule has 0 radical (unpaired) electrons. The van der Waals surface area contributed by atoms with Crippen LogP contribution >= 0.6 is 0 Å². The van der Waals surface area contributed by atoms with E-state index >= 15 is 0 Å². The van der Waals surface area contributed by atoms with Gasteiger partial charge < -0.3 is 9.47 Å². The summed E-state index contributed by atoms with van der Waals surface area (Å²) in [7, 11) is 0. The number of allylic oxidation sites excluding steroid dienone is 2. The molecule has 0 atom stereocenters. The topological polar surface area (TPSA) is 18.5 Å². The average molecular weight is 400 g/mol. The Hall–Kier alpha value is -1.72. The first-order valence-corrected chi connectivity index (χ1v) is 10.3. The van der Waals surface area contributed by atoms with Crippen molar-refractivity contribution in [3.63, 3.8) is 0 Å². The molecular formula is C22H28F4O2. The first-order valence-electron chi connectivity index (χ1n) is 10.3. The number of halogens is 4. The highest BCUT2D eigenvalue weighted by Gasteiger charge is 2.35. The van der Waals surface area contributed by atoms with Gasteiger partial charge in [0.15, 0.2) is 11.6 Å². The molecule has 28 heavy (non-hydrogen) atoms. The highest BCUT2D eigenvalue weighted by molar-refractivity contribution is 5.45. The van der Waals surface area contributed by atoms with Gasteiger partial charge in [-0.15, -0.1) is 13.2 Å². The molecule has 2 saturated carbocycles. The Morgan fingerprint density at radius 3 is 2.36 bits per heavy atom. The Bertz CT molecular complexity index is 657. The number of aryl methyl sites for hydroxylation is 1. The second kappa shape index (κ2) is 9.66. The van der Waals surface area contributed by atoms with Crippen molar-refractivity contribution in [1.29, 1.82) is 0 Å². The summed E-state index contributed by atoms with van der Waals surface area (Å²) in [5.74, 6) is -1.10. The molecule has 1 aromatic rings. The van der Waals surface area contributed by atoms with Gasteiger partial charge in [0.1, 0.15) is 0 Å². The molecule has 0 amide bonds. The molecule has 0 bridgehead atoms. The van der Waals surface area contributed by atoms with Crippen LogP contribution in [0.5, 0.6) is 11.5 Å². The predicted octanol–water partition coefficient (Wildman–Crippen LogP) is 6.97. The first-order chi connectivity index (χ1) is 13.4. The molecule has 2 aliphatic rings. The van der Waals surface area contributed by atoms with Crippen molar-refractivity contribution < 1.29 is 27.0 Å². The summed E-state index contributed by atoms with van der Waals surface area (Å²) >= 11 is 0. The maximum atomic E-state index is 14.8. The van der Waals surface area contributed by atoms with Gasteiger partial charge in [-0.2, -0.15) is 0 Å². The molecular weight excluding hydrogens is 372 g/mol. The van der Waals surface area contributed by atoms with E-state index in [-0.39, 0.29) is 17.9 Å². The van der Waals surface area contributed by atoms with E-state index in [0.29, 0.717) is 24.7 Å². The molecule has 3 rings (SSSR count). The molecule has 2 fully saturated rings. The number of hydrogen-bond acceptors (Lipinski definition) is 2. The van der Waals surface area contributed by atoms with E-state index in [2.05, 4.69) is 10.8 Å². The molecule has 2 aliphatic carbocycles. The lowest BCUT2D eigenvalue weighted by Gasteiger charge is -2.18. The van der Waals surface area contributed by atoms with E-state index in [1.165, 1.54) is 37.8 Å². The Labute approximate surface area is 163 Å². The van der Waals surface area contributed by atoms with Crippen molar-refractivity contribution in [1.82, 2.24) is 0 Å². The van der Waals surface area contributed by atoms with Gasteiger partial charge in [0.2, 0.25) is 5.75 Å². The fourth-order valence-corrected chi connectivity index (χ4v) is 4.16. The maximum Gasteiger partial charge on any atom is 0.573 e. The van der Waals surface area contributed by atoms with Crippen molar-refractivity contribution >= 4 is 0 Å². The summed E-state index contributed by atoms with van der Waals surface area (Å²) < 4.78 is 62.7. The Morgan fingerprint density at radius 1 is 1.00 bits per heavy atom. The van der Waals surface area contributed by atoms with Gasteiger partial charge in [-0.3, -0.25) is 0 Å². The van der Waals surface area contributed by atoms with Gasteiger partial charge in [0.05, 0.1) is 6.61 Å². The Morgan fingerprint density at radius 2 is 1.68 bits per heavy atom. The molecule has 2 nitrogen and oxygen atoms in total. The van der Waals surface area contributed by atoms with E-state index in [1.54, 1.807) is 0 Å². The Kier molecular flexibility index (Phi) is 7.24. The Balaban J connectivity index is 1.66. The minimum absolute atomic E-state index is 0.174. The molecule has 0 saturated heterocycles. The highest BCUT2D eigenvalue weighted by Crippen LogP contribution is 2.38. The number of alkyl halides is 3. The van der Waals surface area contributed by atoms with E-state index < -0.39 is 17.9 Å². The molecule has 1 aromatic carbocycles. The van der Waals surface area contributed by atoms with E-state index in [1.807, 2.05) is 6.08 Å². The normalized spacial score (nSPS) is 19.0. The van der Waals surface area contributed by atoms with Gasteiger partial charge in [-0.25, -0.2) is 4.39 Å².